The van der Waals surface area contributed by atoms with Gasteiger partial charge in [-0.1, -0.05) is 12.1 Å². The van der Waals surface area contributed by atoms with Crippen LogP contribution in [0.15, 0.2) is 33.6 Å². The number of nitrogens with zero attached hydrogens (tertiary/aromatic N) is 3. The lowest BCUT2D eigenvalue weighted by molar-refractivity contribution is 0.0512. The Morgan fingerprint density at radius 3 is 2.43 bits per heavy atom. The van der Waals surface area contributed by atoms with Crippen LogP contribution >= 0.6 is 15.9 Å². The van der Waals surface area contributed by atoms with Crippen molar-refractivity contribution >= 4 is 26.0 Å². The monoisotopic (exact) mass is 403 g/mol. The minimum absolute atomic E-state index is 0.124. The zero-order chi connectivity index (χ0) is 16.6. The highest BCUT2D eigenvalue weighted by molar-refractivity contribution is 9.10. The standard InChI is InChI=1S/C15H22BrN3O3S/c1-17-6-8-18(9-7-17)13-10-19(11-14(13)20)23(21,22)15-5-3-2-4-12(15)16/h2-5,13-14,20H,6-11H2,1H3. The average Bonchev–Trinajstić information content (AvgIpc) is 2.91. The largest absolute Gasteiger partial charge is 0.390 e. The number of likely N-dealkylation sites (N-methyl/N-ethyl adjacent to an activating group) is 1. The first-order chi connectivity index (χ1) is 10.9. The Morgan fingerprint density at radius 2 is 1.78 bits per heavy atom. The van der Waals surface area contributed by atoms with Gasteiger partial charge in [-0.2, -0.15) is 4.31 Å². The van der Waals surface area contributed by atoms with E-state index in [2.05, 4.69) is 32.8 Å². The van der Waals surface area contributed by atoms with Crippen molar-refractivity contribution < 1.29 is 13.5 Å². The zero-order valence-corrected chi connectivity index (χ0v) is 15.5. The Labute approximate surface area is 145 Å². The Bertz CT molecular complexity index is 662. The molecule has 1 N–H and O–H groups in total. The molecule has 6 nitrogen and oxygen atoms in total. The molecule has 0 spiro atoms. The van der Waals surface area contributed by atoms with Gasteiger partial charge in [0.25, 0.3) is 0 Å². The maximum atomic E-state index is 12.8. The second kappa shape index (κ2) is 6.78. The van der Waals surface area contributed by atoms with Crippen molar-refractivity contribution in [1.82, 2.24) is 14.1 Å². The number of benzene rings is 1. The molecule has 0 radical (unpaired) electrons. The molecule has 2 atom stereocenters. The molecule has 128 valence electrons. The van der Waals surface area contributed by atoms with Crippen molar-refractivity contribution in [2.24, 2.45) is 0 Å². The molecule has 2 fully saturated rings. The van der Waals surface area contributed by atoms with Gasteiger partial charge in [-0.3, -0.25) is 4.90 Å². The van der Waals surface area contributed by atoms with Crippen molar-refractivity contribution in [1.29, 1.82) is 0 Å². The van der Waals surface area contributed by atoms with E-state index >= 15 is 0 Å². The highest BCUT2D eigenvalue weighted by Crippen LogP contribution is 2.28. The third kappa shape index (κ3) is 3.47. The molecule has 2 aliphatic rings. The molecule has 2 unspecified atom stereocenters. The predicted molar refractivity (Wildman–Crippen MR) is 91.8 cm³/mol. The molecule has 0 saturated carbocycles. The molecule has 2 saturated heterocycles. The van der Waals surface area contributed by atoms with Gasteiger partial charge in [-0.05, 0) is 35.1 Å². The molecule has 3 rings (SSSR count). The SMILES string of the molecule is CN1CCN(C2CN(S(=O)(=O)c3ccccc3Br)CC2O)CC1. The number of sulfonamides is 1. The van der Waals surface area contributed by atoms with Gasteiger partial charge < -0.3 is 10.0 Å². The van der Waals surface area contributed by atoms with E-state index in [-0.39, 0.29) is 17.5 Å². The van der Waals surface area contributed by atoms with Crippen LogP contribution in [0.4, 0.5) is 0 Å². The molecule has 2 aliphatic heterocycles. The number of rotatable bonds is 3. The number of aliphatic hydroxyl groups is 1. The van der Waals surface area contributed by atoms with E-state index in [4.69, 9.17) is 0 Å². The molecular formula is C15H22BrN3O3S. The molecular weight excluding hydrogens is 382 g/mol. The van der Waals surface area contributed by atoms with Gasteiger partial charge in [-0.25, -0.2) is 8.42 Å². The normalized spacial score (nSPS) is 28.3. The van der Waals surface area contributed by atoms with Gasteiger partial charge in [0.1, 0.15) is 0 Å². The van der Waals surface area contributed by atoms with Gasteiger partial charge in [0.05, 0.1) is 17.0 Å². The summed E-state index contributed by atoms with van der Waals surface area (Å²) in [5.74, 6) is 0. The average molecular weight is 404 g/mol. The maximum absolute atomic E-state index is 12.8. The third-order valence-electron chi connectivity index (χ3n) is 4.69. The van der Waals surface area contributed by atoms with E-state index in [9.17, 15) is 13.5 Å². The van der Waals surface area contributed by atoms with Crippen LogP contribution < -0.4 is 0 Å². The summed E-state index contributed by atoms with van der Waals surface area (Å²) >= 11 is 3.31. The van der Waals surface area contributed by atoms with Gasteiger partial charge in [0.15, 0.2) is 0 Å². The van der Waals surface area contributed by atoms with Gasteiger partial charge in [-0.15, -0.1) is 0 Å². The van der Waals surface area contributed by atoms with Crippen LogP contribution in [0, 0.1) is 0 Å². The van der Waals surface area contributed by atoms with Crippen LogP contribution in [0.1, 0.15) is 0 Å². The fourth-order valence-electron chi connectivity index (χ4n) is 3.24. The molecule has 23 heavy (non-hydrogen) atoms. The van der Waals surface area contributed by atoms with E-state index in [1.54, 1.807) is 24.3 Å². The molecule has 2 heterocycles. The number of halogens is 1. The lowest BCUT2D eigenvalue weighted by atomic mass is 10.1. The quantitative estimate of drug-likeness (QED) is 0.792. The Morgan fingerprint density at radius 1 is 1.13 bits per heavy atom. The summed E-state index contributed by atoms with van der Waals surface area (Å²) in [5.41, 5.74) is 0. The van der Waals surface area contributed by atoms with Gasteiger partial charge >= 0.3 is 0 Å². The number of β-amino-alcohol motifs (C(OH)–C–C–N with tert-alkyl or cyclic N) is 1. The first kappa shape index (κ1) is 17.3. The zero-order valence-electron chi connectivity index (χ0n) is 13.1. The number of aliphatic hydroxyl groups excluding tert-OH is 1. The molecule has 1 aromatic carbocycles. The first-order valence-electron chi connectivity index (χ1n) is 7.75. The molecule has 8 heteroatoms. The summed E-state index contributed by atoms with van der Waals surface area (Å²) in [5, 5.41) is 10.4. The van der Waals surface area contributed by atoms with Crippen molar-refractivity contribution in [3.63, 3.8) is 0 Å². The molecule has 0 amide bonds. The minimum atomic E-state index is -3.60. The predicted octanol–water partition coefficient (Wildman–Crippen LogP) is 0.430. The minimum Gasteiger partial charge on any atom is -0.390 e. The highest BCUT2D eigenvalue weighted by Gasteiger charge is 2.42. The van der Waals surface area contributed by atoms with Gasteiger partial charge in [0, 0.05) is 43.7 Å². The number of hydrogen-bond acceptors (Lipinski definition) is 5. The lowest BCUT2D eigenvalue weighted by Gasteiger charge is -2.37. The van der Waals surface area contributed by atoms with E-state index < -0.39 is 16.1 Å². The Kier molecular flexibility index (Phi) is 5.10. The smallest absolute Gasteiger partial charge is 0.244 e. The van der Waals surface area contributed by atoms with Crippen LogP contribution in [0.25, 0.3) is 0 Å². The van der Waals surface area contributed by atoms with Crippen LogP contribution in [-0.2, 0) is 10.0 Å². The van der Waals surface area contributed by atoms with E-state index in [0.29, 0.717) is 11.0 Å². The lowest BCUT2D eigenvalue weighted by Crippen LogP contribution is -2.52. The summed E-state index contributed by atoms with van der Waals surface area (Å²) in [6.07, 6.45) is -0.643. The molecule has 0 bridgehead atoms. The van der Waals surface area contributed by atoms with Gasteiger partial charge in [0.2, 0.25) is 10.0 Å². The summed E-state index contributed by atoms with van der Waals surface area (Å²) < 4.78 is 27.6. The van der Waals surface area contributed by atoms with Crippen molar-refractivity contribution in [2.75, 3.05) is 46.3 Å². The van der Waals surface area contributed by atoms with E-state index in [1.165, 1.54) is 4.31 Å². The molecule has 0 aliphatic carbocycles. The molecule has 0 aromatic heterocycles. The second-order valence-corrected chi connectivity index (χ2v) is 8.99. The number of hydrogen-bond donors (Lipinski definition) is 1. The number of piperazine rings is 1. The van der Waals surface area contributed by atoms with Crippen molar-refractivity contribution in [3.05, 3.63) is 28.7 Å². The second-order valence-electron chi connectivity index (χ2n) is 6.23. The molecule has 1 aromatic rings. The summed E-state index contributed by atoms with van der Waals surface area (Å²) in [4.78, 5) is 4.71. The van der Waals surface area contributed by atoms with Crippen LogP contribution in [0.3, 0.4) is 0 Å². The van der Waals surface area contributed by atoms with Crippen LogP contribution in [0.5, 0.6) is 0 Å². The van der Waals surface area contributed by atoms with Crippen molar-refractivity contribution in [2.45, 2.75) is 17.0 Å². The van der Waals surface area contributed by atoms with Crippen molar-refractivity contribution in [3.8, 4) is 0 Å². The fraction of sp³-hybridized carbons (Fsp3) is 0.600. The Hall–Kier alpha value is -0.510. The fourth-order valence-corrected chi connectivity index (χ4v) is 5.68. The topological polar surface area (TPSA) is 64.1 Å². The van der Waals surface area contributed by atoms with E-state index in [1.807, 2.05) is 0 Å². The van der Waals surface area contributed by atoms with Crippen LogP contribution in [-0.4, -0.2) is 86.1 Å². The van der Waals surface area contributed by atoms with Crippen LogP contribution in [0.2, 0.25) is 0 Å². The Balaban J connectivity index is 1.77. The highest BCUT2D eigenvalue weighted by atomic mass is 79.9. The third-order valence-corrected chi connectivity index (χ3v) is 7.53. The first-order valence-corrected chi connectivity index (χ1v) is 9.98. The van der Waals surface area contributed by atoms with E-state index in [0.717, 1.165) is 26.2 Å². The summed E-state index contributed by atoms with van der Waals surface area (Å²) in [7, 11) is -1.52. The maximum Gasteiger partial charge on any atom is 0.244 e. The summed E-state index contributed by atoms with van der Waals surface area (Å²) in [6.45, 7) is 4.11. The summed E-state index contributed by atoms with van der Waals surface area (Å²) in [6, 6.07) is 6.68.